The summed E-state index contributed by atoms with van der Waals surface area (Å²) in [6, 6.07) is 12.3. The number of benzene rings is 2. The van der Waals surface area contributed by atoms with Crippen molar-refractivity contribution < 1.29 is 4.79 Å². The molecule has 110 valence electrons. The topological polar surface area (TPSA) is 41.1 Å². The van der Waals surface area contributed by atoms with Crippen LogP contribution in [0.5, 0.6) is 0 Å². The third-order valence-corrected chi connectivity index (χ3v) is 4.49. The zero-order valence-electron chi connectivity index (χ0n) is 11.9. The first-order valence-electron chi connectivity index (χ1n) is 7.47. The second-order valence-electron chi connectivity index (χ2n) is 5.64. The minimum absolute atomic E-state index is 0.0987. The third kappa shape index (κ3) is 3.76. The van der Waals surface area contributed by atoms with Gasteiger partial charge in [-0.15, -0.1) is 0 Å². The molecule has 0 atom stereocenters. The summed E-state index contributed by atoms with van der Waals surface area (Å²) < 4.78 is 1.06. The van der Waals surface area contributed by atoms with E-state index in [1.807, 2.05) is 30.3 Å². The number of amides is 2. The van der Waals surface area contributed by atoms with Gasteiger partial charge in [0.25, 0.3) is 0 Å². The number of nitrogens with one attached hydrogen (secondary N) is 2. The Morgan fingerprint density at radius 2 is 1.71 bits per heavy atom. The molecule has 0 saturated heterocycles. The van der Waals surface area contributed by atoms with Gasteiger partial charge in [0.15, 0.2) is 0 Å². The van der Waals surface area contributed by atoms with Crippen LogP contribution < -0.4 is 10.6 Å². The molecule has 0 heterocycles. The molecule has 1 aliphatic carbocycles. The van der Waals surface area contributed by atoms with Gasteiger partial charge in [-0.1, -0.05) is 47.3 Å². The average Bonchev–Trinajstić information content (AvgIpc) is 2.48. The minimum Gasteiger partial charge on any atom is -0.335 e. The monoisotopic (exact) mass is 346 g/mol. The number of carbonyl (C=O) groups is 1. The first kappa shape index (κ1) is 14.4. The predicted molar refractivity (Wildman–Crippen MR) is 90.7 cm³/mol. The van der Waals surface area contributed by atoms with Gasteiger partial charge < -0.3 is 10.6 Å². The SMILES string of the molecule is O=C(Nc1ccc2cc(Br)ccc2c1)NC1CCCCC1. The van der Waals surface area contributed by atoms with Gasteiger partial charge in [-0.2, -0.15) is 0 Å². The molecule has 2 amide bonds. The molecule has 21 heavy (non-hydrogen) atoms. The Labute approximate surface area is 133 Å². The lowest BCUT2D eigenvalue weighted by Crippen LogP contribution is -2.38. The molecule has 0 radical (unpaired) electrons. The molecule has 0 aliphatic heterocycles. The summed E-state index contributed by atoms with van der Waals surface area (Å²) in [6.07, 6.45) is 5.92. The van der Waals surface area contributed by atoms with Crippen molar-refractivity contribution in [1.29, 1.82) is 0 Å². The molecular formula is C17H19BrN2O. The number of hydrogen-bond donors (Lipinski definition) is 2. The summed E-state index contributed by atoms with van der Waals surface area (Å²) >= 11 is 3.47. The molecule has 0 bridgehead atoms. The minimum atomic E-state index is -0.0987. The fraction of sp³-hybridized carbons (Fsp3) is 0.353. The summed E-state index contributed by atoms with van der Waals surface area (Å²) in [5, 5.41) is 8.28. The van der Waals surface area contributed by atoms with E-state index >= 15 is 0 Å². The van der Waals surface area contributed by atoms with E-state index in [2.05, 4.69) is 32.6 Å². The lowest BCUT2D eigenvalue weighted by Gasteiger charge is -2.22. The average molecular weight is 347 g/mol. The highest BCUT2D eigenvalue weighted by molar-refractivity contribution is 9.10. The summed E-state index contributed by atoms with van der Waals surface area (Å²) in [5.74, 6) is 0. The largest absolute Gasteiger partial charge is 0.335 e. The van der Waals surface area contributed by atoms with Crippen molar-refractivity contribution in [2.75, 3.05) is 5.32 Å². The van der Waals surface area contributed by atoms with Gasteiger partial charge in [0.05, 0.1) is 0 Å². The van der Waals surface area contributed by atoms with Crippen LogP contribution in [0.2, 0.25) is 0 Å². The van der Waals surface area contributed by atoms with Gasteiger partial charge in [0.2, 0.25) is 0 Å². The number of rotatable bonds is 2. The Bertz CT molecular complexity index is 650. The maximum Gasteiger partial charge on any atom is 0.319 e. The van der Waals surface area contributed by atoms with E-state index < -0.39 is 0 Å². The number of hydrogen-bond acceptors (Lipinski definition) is 1. The van der Waals surface area contributed by atoms with Crippen LogP contribution in [0.15, 0.2) is 40.9 Å². The van der Waals surface area contributed by atoms with E-state index in [4.69, 9.17) is 0 Å². The summed E-state index contributed by atoms with van der Waals surface area (Å²) in [4.78, 5) is 12.0. The number of fused-ring (bicyclic) bond motifs is 1. The first-order valence-corrected chi connectivity index (χ1v) is 8.27. The van der Waals surface area contributed by atoms with E-state index in [-0.39, 0.29) is 6.03 Å². The molecule has 1 aliphatic rings. The zero-order valence-corrected chi connectivity index (χ0v) is 13.4. The smallest absolute Gasteiger partial charge is 0.319 e. The quantitative estimate of drug-likeness (QED) is 0.784. The molecule has 0 aromatic heterocycles. The summed E-state index contributed by atoms with van der Waals surface area (Å²) in [7, 11) is 0. The molecule has 2 aromatic rings. The Kier molecular flexibility index (Phi) is 4.44. The van der Waals surface area contributed by atoms with Crippen LogP contribution in [0.3, 0.4) is 0 Å². The predicted octanol–water partition coefficient (Wildman–Crippen LogP) is 5.06. The fourth-order valence-electron chi connectivity index (χ4n) is 2.89. The second-order valence-corrected chi connectivity index (χ2v) is 6.56. The Balaban J connectivity index is 1.66. The highest BCUT2D eigenvalue weighted by atomic mass is 79.9. The first-order chi connectivity index (χ1) is 10.2. The van der Waals surface area contributed by atoms with Crippen molar-refractivity contribution in [2.24, 2.45) is 0 Å². The Morgan fingerprint density at radius 3 is 2.52 bits per heavy atom. The lowest BCUT2D eigenvalue weighted by atomic mass is 9.96. The van der Waals surface area contributed by atoms with Crippen LogP contribution in [-0.2, 0) is 0 Å². The van der Waals surface area contributed by atoms with Gasteiger partial charge in [-0.25, -0.2) is 4.79 Å². The maximum atomic E-state index is 12.0. The molecule has 4 heteroatoms. The molecular weight excluding hydrogens is 328 g/mol. The summed E-state index contributed by atoms with van der Waals surface area (Å²) in [6.45, 7) is 0. The van der Waals surface area contributed by atoms with Gasteiger partial charge in [0.1, 0.15) is 0 Å². The van der Waals surface area contributed by atoms with E-state index in [0.29, 0.717) is 6.04 Å². The maximum absolute atomic E-state index is 12.0. The molecule has 3 nitrogen and oxygen atoms in total. The number of urea groups is 1. The fourth-order valence-corrected chi connectivity index (χ4v) is 3.27. The van der Waals surface area contributed by atoms with E-state index in [1.54, 1.807) is 0 Å². The second kappa shape index (κ2) is 6.48. The van der Waals surface area contributed by atoms with Crippen LogP contribution in [0.25, 0.3) is 10.8 Å². The molecule has 2 N–H and O–H groups in total. The summed E-state index contributed by atoms with van der Waals surface area (Å²) in [5.41, 5.74) is 0.832. The van der Waals surface area contributed by atoms with Gasteiger partial charge in [-0.3, -0.25) is 0 Å². The molecule has 1 fully saturated rings. The number of anilines is 1. The van der Waals surface area contributed by atoms with Crippen molar-refractivity contribution in [3.8, 4) is 0 Å². The van der Waals surface area contributed by atoms with Crippen molar-refractivity contribution in [3.05, 3.63) is 40.9 Å². The van der Waals surface area contributed by atoms with Crippen LogP contribution >= 0.6 is 15.9 Å². The number of halogens is 1. The molecule has 1 saturated carbocycles. The zero-order chi connectivity index (χ0) is 14.7. The molecule has 2 aromatic carbocycles. The van der Waals surface area contributed by atoms with E-state index in [9.17, 15) is 4.79 Å². The van der Waals surface area contributed by atoms with E-state index in [0.717, 1.165) is 33.8 Å². The van der Waals surface area contributed by atoms with Crippen molar-refractivity contribution in [3.63, 3.8) is 0 Å². The van der Waals surface area contributed by atoms with E-state index in [1.165, 1.54) is 19.3 Å². The van der Waals surface area contributed by atoms with Crippen molar-refractivity contribution in [2.45, 2.75) is 38.1 Å². The third-order valence-electron chi connectivity index (χ3n) is 4.00. The van der Waals surface area contributed by atoms with Crippen LogP contribution in [0.4, 0.5) is 10.5 Å². The van der Waals surface area contributed by atoms with Crippen LogP contribution in [-0.4, -0.2) is 12.1 Å². The van der Waals surface area contributed by atoms with Crippen LogP contribution in [0.1, 0.15) is 32.1 Å². The van der Waals surface area contributed by atoms with Crippen molar-refractivity contribution in [1.82, 2.24) is 5.32 Å². The highest BCUT2D eigenvalue weighted by Crippen LogP contribution is 2.23. The molecule has 0 spiro atoms. The van der Waals surface area contributed by atoms with Gasteiger partial charge >= 0.3 is 6.03 Å². The van der Waals surface area contributed by atoms with Gasteiger partial charge in [-0.05, 0) is 47.9 Å². The van der Waals surface area contributed by atoms with Gasteiger partial charge in [0, 0.05) is 16.2 Å². The normalized spacial score (nSPS) is 15.9. The Morgan fingerprint density at radius 1 is 1.00 bits per heavy atom. The van der Waals surface area contributed by atoms with Crippen LogP contribution in [0, 0.1) is 0 Å². The van der Waals surface area contributed by atoms with Crippen molar-refractivity contribution >= 4 is 38.4 Å². The molecule has 0 unspecified atom stereocenters. The Hall–Kier alpha value is -1.55. The standard InChI is InChI=1S/C17H19BrN2O/c18-14-8-6-13-11-16(9-7-12(13)10-14)20-17(21)19-15-4-2-1-3-5-15/h6-11,15H,1-5H2,(H2,19,20,21). The number of carbonyl (C=O) groups excluding carboxylic acids is 1. The molecule has 3 rings (SSSR count). The lowest BCUT2D eigenvalue weighted by molar-refractivity contribution is 0.244. The highest BCUT2D eigenvalue weighted by Gasteiger charge is 2.15.